The summed E-state index contributed by atoms with van der Waals surface area (Å²) in [7, 11) is 2.99. The third kappa shape index (κ3) is 5.04. The molecule has 1 fully saturated rings. The number of aromatic hydroxyl groups is 1. The van der Waals surface area contributed by atoms with Gasteiger partial charge in [0.1, 0.15) is 23.0 Å². The highest BCUT2D eigenvalue weighted by molar-refractivity contribution is 5.55. The Morgan fingerprint density at radius 3 is 2.03 bits per heavy atom. The molecule has 1 heterocycles. The van der Waals surface area contributed by atoms with E-state index in [1.165, 1.54) is 38.5 Å². The number of piperazine rings is 1. The number of methoxy groups -OCH3 is 2. The average Bonchev–Trinajstić information content (AvgIpc) is 2.69. The Hall–Kier alpha value is -2.65. The zero-order valence-electron chi connectivity index (χ0n) is 16.1. The quantitative estimate of drug-likeness (QED) is 0.759. The van der Waals surface area contributed by atoms with Gasteiger partial charge in [-0.15, -0.1) is 13.2 Å². The molecule has 0 aliphatic carbocycles. The Morgan fingerprint density at radius 1 is 1.00 bits per heavy atom. The van der Waals surface area contributed by atoms with Gasteiger partial charge in [-0.1, -0.05) is 12.1 Å². The van der Waals surface area contributed by atoms with E-state index < -0.39 is 6.36 Å². The fourth-order valence-corrected chi connectivity index (χ4v) is 3.55. The molecule has 1 aliphatic heterocycles. The highest BCUT2D eigenvalue weighted by Gasteiger charge is 2.32. The van der Waals surface area contributed by atoms with E-state index in [0.717, 1.165) is 31.7 Å². The maximum Gasteiger partial charge on any atom is 0.573 e. The van der Waals surface area contributed by atoms with Crippen LogP contribution in [0.15, 0.2) is 36.4 Å². The summed E-state index contributed by atoms with van der Waals surface area (Å²) in [6.07, 6.45) is -4.75. The van der Waals surface area contributed by atoms with Crippen molar-refractivity contribution >= 4 is 0 Å². The lowest BCUT2D eigenvalue weighted by Gasteiger charge is -2.36. The molecule has 0 spiro atoms. The van der Waals surface area contributed by atoms with Crippen LogP contribution in [0.2, 0.25) is 0 Å². The molecule has 1 aliphatic rings. The van der Waals surface area contributed by atoms with E-state index in [1.807, 2.05) is 0 Å². The van der Waals surface area contributed by atoms with E-state index >= 15 is 0 Å². The number of phenolic OH excluding ortho intramolecular Hbond substituents is 1. The molecule has 2 aromatic carbocycles. The lowest BCUT2D eigenvalue weighted by Crippen LogP contribution is -2.45. The fraction of sp³-hybridized carbons (Fsp3) is 0.400. The molecule has 1 saturated heterocycles. The maximum absolute atomic E-state index is 12.5. The van der Waals surface area contributed by atoms with Crippen LogP contribution in [0.4, 0.5) is 13.2 Å². The second-order valence-corrected chi connectivity index (χ2v) is 6.57. The number of ether oxygens (including phenoxy) is 3. The van der Waals surface area contributed by atoms with Gasteiger partial charge in [0.2, 0.25) is 0 Å². The molecule has 2 N–H and O–H groups in total. The van der Waals surface area contributed by atoms with Gasteiger partial charge in [0.05, 0.1) is 25.8 Å². The molecule has 158 valence electrons. The van der Waals surface area contributed by atoms with Crippen molar-refractivity contribution in [3.63, 3.8) is 0 Å². The number of benzene rings is 2. The number of alkyl halides is 3. The standard InChI is InChI=1S/C20H23F3N2O4/c1-27-16-11-14(26)12-17(28-2)18(16)19(25-9-7-24-8-10-25)13-3-5-15(6-4-13)29-20(21,22)23/h3-6,11-12,19,24,26H,7-10H2,1-2H3/t19-/m0/s1. The minimum Gasteiger partial charge on any atom is -0.508 e. The summed E-state index contributed by atoms with van der Waals surface area (Å²) in [4.78, 5) is 2.19. The van der Waals surface area contributed by atoms with E-state index in [-0.39, 0.29) is 17.5 Å². The van der Waals surface area contributed by atoms with Crippen LogP contribution in [0, 0.1) is 0 Å². The molecule has 0 aromatic heterocycles. The number of rotatable bonds is 6. The molecule has 0 radical (unpaired) electrons. The Labute approximate surface area is 166 Å². The summed E-state index contributed by atoms with van der Waals surface area (Å²) in [6, 6.07) is 8.42. The summed E-state index contributed by atoms with van der Waals surface area (Å²) in [5, 5.41) is 13.3. The second kappa shape index (κ2) is 8.79. The Bertz CT molecular complexity index is 796. The summed E-state index contributed by atoms with van der Waals surface area (Å²) < 4.78 is 52.5. The Morgan fingerprint density at radius 2 is 1.55 bits per heavy atom. The topological polar surface area (TPSA) is 63.2 Å². The summed E-state index contributed by atoms with van der Waals surface area (Å²) in [5.74, 6) is 0.572. The van der Waals surface area contributed by atoms with Crippen LogP contribution in [0.25, 0.3) is 0 Å². The van der Waals surface area contributed by atoms with Gasteiger partial charge < -0.3 is 24.6 Å². The van der Waals surface area contributed by atoms with E-state index in [1.54, 1.807) is 12.1 Å². The zero-order chi connectivity index (χ0) is 21.0. The van der Waals surface area contributed by atoms with Crippen LogP contribution < -0.4 is 19.5 Å². The van der Waals surface area contributed by atoms with Crippen LogP contribution in [0.5, 0.6) is 23.0 Å². The molecular weight excluding hydrogens is 389 g/mol. The van der Waals surface area contributed by atoms with Gasteiger partial charge in [0, 0.05) is 38.3 Å². The predicted octanol–water partition coefficient (Wildman–Crippen LogP) is 3.30. The third-order valence-electron chi connectivity index (χ3n) is 4.75. The summed E-state index contributed by atoms with van der Waals surface area (Å²) in [6.45, 7) is 2.99. The Balaban J connectivity index is 2.07. The van der Waals surface area contributed by atoms with Crippen molar-refractivity contribution in [3.05, 3.63) is 47.5 Å². The van der Waals surface area contributed by atoms with Crippen LogP contribution in [0.3, 0.4) is 0 Å². The van der Waals surface area contributed by atoms with Crippen molar-refractivity contribution in [2.75, 3.05) is 40.4 Å². The van der Waals surface area contributed by atoms with Crippen molar-refractivity contribution in [3.8, 4) is 23.0 Å². The van der Waals surface area contributed by atoms with Gasteiger partial charge in [0.25, 0.3) is 0 Å². The largest absolute Gasteiger partial charge is 0.573 e. The lowest BCUT2D eigenvalue weighted by molar-refractivity contribution is -0.274. The molecule has 3 rings (SSSR count). The van der Waals surface area contributed by atoms with E-state index in [2.05, 4.69) is 15.0 Å². The van der Waals surface area contributed by atoms with Gasteiger partial charge in [-0.05, 0) is 17.7 Å². The predicted molar refractivity (Wildman–Crippen MR) is 101 cm³/mol. The van der Waals surface area contributed by atoms with Gasteiger partial charge in [-0.2, -0.15) is 0 Å². The highest BCUT2D eigenvalue weighted by Crippen LogP contribution is 2.43. The van der Waals surface area contributed by atoms with Crippen molar-refractivity contribution < 1.29 is 32.5 Å². The van der Waals surface area contributed by atoms with Gasteiger partial charge in [0.15, 0.2) is 0 Å². The summed E-state index contributed by atoms with van der Waals surface area (Å²) in [5.41, 5.74) is 1.45. The van der Waals surface area contributed by atoms with E-state index in [9.17, 15) is 18.3 Å². The fourth-order valence-electron chi connectivity index (χ4n) is 3.55. The third-order valence-corrected chi connectivity index (χ3v) is 4.75. The van der Waals surface area contributed by atoms with E-state index in [4.69, 9.17) is 9.47 Å². The number of hydrogen-bond acceptors (Lipinski definition) is 6. The minimum absolute atomic E-state index is 0.00423. The smallest absolute Gasteiger partial charge is 0.508 e. The number of hydrogen-bond donors (Lipinski definition) is 2. The zero-order valence-corrected chi connectivity index (χ0v) is 16.1. The maximum atomic E-state index is 12.5. The van der Waals surface area contributed by atoms with E-state index in [0.29, 0.717) is 17.1 Å². The van der Waals surface area contributed by atoms with Crippen molar-refractivity contribution in [2.45, 2.75) is 12.4 Å². The lowest BCUT2D eigenvalue weighted by atomic mass is 9.94. The van der Waals surface area contributed by atoms with Crippen LogP contribution in [-0.2, 0) is 0 Å². The molecular formula is C20H23F3N2O4. The molecule has 0 amide bonds. The molecule has 9 heteroatoms. The van der Waals surface area contributed by atoms with Crippen LogP contribution >= 0.6 is 0 Å². The van der Waals surface area contributed by atoms with Gasteiger partial charge in [-0.25, -0.2) is 0 Å². The first-order valence-corrected chi connectivity index (χ1v) is 9.07. The monoisotopic (exact) mass is 412 g/mol. The number of phenols is 1. The normalized spacial score (nSPS) is 16.3. The SMILES string of the molecule is COc1cc(O)cc(OC)c1[C@H](c1ccc(OC(F)(F)F)cc1)N1CCNCC1. The second-order valence-electron chi connectivity index (χ2n) is 6.57. The van der Waals surface area contributed by atoms with Crippen LogP contribution in [0.1, 0.15) is 17.2 Å². The molecule has 29 heavy (non-hydrogen) atoms. The van der Waals surface area contributed by atoms with Crippen molar-refractivity contribution in [1.29, 1.82) is 0 Å². The molecule has 2 aromatic rings. The first-order valence-electron chi connectivity index (χ1n) is 9.07. The number of nitrogens with one attached hydrogen (secondary N) is 1. The molecule has 0 bridgehead atoms. The number of halogens is 3. The molecule has 0 unspecified atom stereocenters. The van der Waals surface area contributed by atoms with Crippen molar-refractivity contribution in [1.82, 2.24) is 10.2 Å². The van der Waals surface area contributed by atoms with Crippen LogP contribution in [-0.4, -0.2) is 56.8 Å². The molecule has 6 nitrogen and oxygen atoms in total. The van der Waals surface area contributed by atoms with Gasteiger partial charge >= 0.3 is 6.36 Å². The number of nitrogens with zero attached hydrogens (tertiary/aromatic N) is 1. The first kappa shape index (κ1) is 21.1. The minimum atomic E-state index is -4.75. The van der Waals surface area contributed by atoms with Crippen molar-refractivity contribution in [2.24, 2.45) is 0 Å². The Kier molecular flexibility index (Phi) is 6.39. The molecule has 0 saturated carbocycles. The molecule has 1 atom stereocenters. The summed E-state index contributed by atoms with van der Waals surface area (Å²) >= 11 is 0. The average molecular weight is 412 g/mol. The van der Waals surface area contributed by atoms with Gasteiger partial charge in [-0.3, -0.25) is 4.90 Å². The highest BCUT2D eigenvalue weighted by atomic mass is 19.4. The first-order chi connectivity index (χ1) is 13.8.